The van der Waals surface area contributed by atoms with E-state index in [9.17, 15) is 34.3 Å². The first-order chi connectivity index (χ1) is 45.2. The zero-order valence-electron chi connectivity index (χ0n) is 54.8. The Morgan fingerprint density at radius 1 is 0.516 bits per heavy atom. The summed E-state index contributed by atoms with van der Waals surface area (Å²) in [4.78, 5) is 96.4. The maximum absolute atomic E-state index is 12.3. The highest BCUT2D eigenvalue weighted by atomic mass is 16.6. The number of pyridine rings is 3. The number of nitrogens with zero attached hydrogens (tertiary/aromatic N) is 12. The minimum absolute atomic E-state index is 0. The zero-order valence-corrected chi connectivity index (χ0v) is 54.8. The summed E-state index contributed by atoms with van der Waals surface area (Å²) in [5.74, 6) is 2.33. The Kier molecular flexibility index (Phi) is 20.1. The second kappa shape index (κ2) is 28.5. The third-order valence-corrected chi connectivity index (χ3v) is 15.3. The number of piperazine rings is 3. The molecule has 0 atom stereocenters. The second-order valence-electron chi connectivity index (χ2n) is 25.9. The molecule has 95 heavy (non-hydrogen) atoms. The Labute approximate surface area is 554 Å². The van der Waals surface area contributed by atoms with Gasteiger partial charge in [-0.05, 0) is 123 Å². The summed E-state index contributed by atoms with van der Waals surface area (Å²) >= 11 is 0. The van der Waals surface area contributed by atoms with Crippen molar-refractivity contribution in [1.29, 1.82) is 5.26 Å². The van der Waals surface area contributed by atoms with Gasteiger partial charge < -0.3 is 73.6 Å². The Hall–Kier alpha value is -11.0. The zero-order chi connectivity index (χ0) is 67.8. The van der Waals surface area contributed by atoms with Gasteiger partial charge in [0.1, 0.15) is 68.6 Å². The molecule has 0 saturated carbocycles. The molecule has 26 nitrogen and oxygen atoms in total. The standard InChI is InChI=1S/C23H27N5O4.C23H25N5O3.C23H26N4O5.3H2/c1-23(2,3)32-22(30)28-10-8-27(9-11-28)16-4-5-18(20(24)29)19(13-16)31-17-12-15-6-7-25-21(15)26-14-17;1-23(2,3)31-22(29)28-10-8-27(9-11-28)18-5-4-17(14-24)20(13-18)30-19-12-16-6-7-25-21(16)26-15-19;1-23(2,3)32-22(30)27-10-8-26(9-11-27)16-4-5-18(21(28)29)19(13-16)31-17-12-15-6-7-24-20(15)25-14-17;;;/h4-5,7,12-14H,6,8-11H2,1-3H3,(H2,24,29);4-7,12-13,15H,8-11H2,1-3H3,(H,25,26);4-5,7,12-14H,6,8-11H2,1-3H3,(H,28,29);3*1H. The lowest BCUT2D eigenvalue weighted by atomic mass is 10.1. The molecule has 4 amide bonds. The van der Waals surface area contributed by atoms with Crippen molar-refractivity contribution in [1.82, 2.24) is 34.6 Å². The molecular weight excluding hydrogens is 1220 g/mol. The van der Waals surface area contributed by atoms with Gasteiger partial charge in [0, 0.05) is 166 Å². The summed E-state index contributed by atoms with van der Waals surface area (Å²) in [5.41, 5.74) is 10.1. The summed E-state index contributed by atoms with van der Waals surface area (Å²) < 4.78 is 34.3. The fraction of sp³-hybridized carbons (Fsp3) is 0.377. The molecule has 5 aliphatic heterocycles. The minimum atomic E-state index is -1.07. The SMILES string of the molecule is CC(C)(C)OC(=O)N1CCN(c2ccc(C#N)c(Oc3cnc4[nH]ccc4c3)c2)CC1.CC(C)(C)OC(=O)N1CCN(c2ccc(C(=O)O)c(Oc3cnc4c(c3)CC=N4)c2)CC1.CC(C)(C)OC(=O)N1CCN(c2ccc(C(N)=O)c(Oc3cnc4c(c3)CC=N4)c2)CC1.[HH].[HH].[HH]. The van der Waals surface area contributed by atoms with Gasteiger partial charge >= 0.3 is 24.2 Å². The van der Waals surface area contributed by atoms with Crippen LogP contribution in [0.25, 0.3) is 11.0 Å². The number of anilines is 3. The number of nitriles is 1. The predicted octanol–water partition coefficient (Wildman–Crippen LogP) is 12.2. The number of amides is 4. The molecular formula is C69H84N14O12. The normalized spacial score (nSPS) is 15.1. The number of benzene rings is 3. The maximum Gasteiger partial charge on any atom is 0.410 e. The van der Waals surface area contributed by atoms with Crippen LogP contribution in [0.4, 0.5) is 43.1 Å². The highest BCUT2D eigenvalue weighted by molar-refractivity contribution is 5.96. The molecule has 4 N–H and O–H groups in total. The van der Waals surface area contributed by atoms with E-state index < -0.39 is 28.7 Å². The van der Waals surface area contributed by atoms with Crippen LogP contribution < -0.4 is 34.6 Å². The maximum atomic E-state index is 12.3. The fourth-order valence-corrected chi connectivity index (χ4v) is 10.7. The third kappa shape index (κ3) is 17.6. The quantitative estimate of drug-likeness (QED) is 0.101. The number of aromatic amines is 1. The minimum Gasteiger partial charge on any atom is -0.478 e. The van der Waals surface area contributed by atoms with E-state index in [2.05, 4.69) is 50.7 Å². The largest absolute Gasteiger partial charge is 0.478 e. The van der Waals surface area contributed by atoms with Crippen molar-refractivity contribution in [3.63, 3.8) is 0 Å². The number of carbonyl (C=O) groups excluding carboxylic acids is 4. The lowest BCUT2D eigenvalue weighted by Crippen LogP contribution is -2.50. The van der Waals surface area contributed by atoms with Gasteiger partial charge in [0.15, 0.2) is 11.6 Å². The summed E-state index contributed by atoms with van der Waals surface area (Å²) in [6.07, 6.45) is 10.6. The summed E-state index contributed by atoms with van der Waals surface area (Å²) in [6.45, 7) is 23.7. The Morgan fingerprint density at radius 2 is 0.905 bits per heavy atom. The topological polar surface area (TPSA) is 309 Å². The number of carboxylic acids is 1. The second-order valence-corrected chi connectivity index (χ2v) is 25.9. The number of hydrogen-bond acceptors (Lipinski definition) is 20. The van der Waals surface area contributed by atoms with Crippen LogP contribution in [0.5, 0.6) is 34.5 Å². The number of hydrogen-bond donors (Lipinski definition) is 3. The number of nitrogens with two attached hydrogens (primary N) is 1. The molecule has 0 unspecified atom stereocenters. The number of aromatic nitrogens is 4. The van der Waals surface area contributed by atoms with Crippen molar-refractivity contribution in [3.05, 3.63) is 131 Å². The molecule has 9 heterocycles. The van der Waals surface area contributed by atoms with Crippen LogP contribution in [0, 0.1) is 11.3 Å². The van der Waals surface area contributed by atoms with Crippen molar-refractivity contribution in [2.24, 2.45) is 15.7 Å². The lowest BCUT2D eigenvalue weighted by molar-refractivity contribution is 0.0230. The summed E-state index contributed by atoms with van der Waals surface area (Å²) in [7, 11) is 0. The summed E-state index contributed by atoms with van der Waals surface area (Å²) in [6, 6.07) is 25.5. The van der Waals surface area contributed by atoms with Gasteiger partial charge in [-0.3, -0.25) is 4.79 Å². The number of fused-ring (bicyclic) bond motifs is 3. The highest BCUT2D eigenvalue weighted by Crippen LogP contribution is 2.37. The molecule has 502 valence electrons. The fourth-order valence-electron chi connectivity index (χ4n) is 10.7. The molecule has 0 aliphatic carbocycles. The van der Waals surface area contributed by atoms with E-state index in [1.165, 1.54) is 6.07 Å². The van der Waals surface area contributed by atoms with Crippen LogP contribution in [-0.2, 0) is 27.1 Å². The number of carbonyl (C=O) groups is 5. The number of ether oxygens (including phenoxy) is 6. The molecule has 26 heteroatoms. The Morgan fingerprint density at radius 3 is 1.33 bits per heavy atom. The molecule has 7 aromatic rings. The van der Waals surface area contributed by atoms with Crippen molar-refractivity contribution in [3.8, 4) is 40.6 Å². The van der Waals surface area contributed by atoms with Gasteiger partial charge in [-0.2, -0.15) is 5.26 Å². The number of nitrogens with one attached hydrogen (secondary N) is 1. The number of carboxylic acid groups (broad SMARTS) is 1. The van der Waals surface area contributed by atoms with E-state index in [1.807, 2.05) is 111 Å². The Balaban J connectivity index is 0.000000204. The van der Waals surface area contributed by atoms with Crippen LogP contribution in [0.15, 0.2) is 114 Å². The number of aliphatic imine (C=N–C) groups is 2. The van der Waals surface area contributed by atoms with E-state index >= 15 is 0 Å². The molecule has 0 bridgehead atoms. The lowest BCUT2D eigenvalue weighted by Gasteiger charge is -2.36. The van der Waals surface area contributed by atoms with E-state index in [1.54, 1.807) is 76.1 Å². The average molecular weight is 1300 g/mol. The van der Waals surface area contributed by atoms with Crippen LogP contribution in [0.3, 0.4) is 0 Å². The molecule has 0 radical (unpaired) electrons. The first kappa shape index (κ1) is 66.9. The van der Waals surface area contributed by atoms with Crippen molar-refractivity contribution < 1.29 is 61.8 Å². The van der Waals surface area contributed by atoms with Gasteiger partial charge in [0.25, 0.3) is 5.91 Å². The summed E-state index contributed by atoms with van der Waals surface area (Å²) in [5, 5.41) is 20.0. The van der Waals surface area contributed by atoms with Crippen molar-refractivity contribution >= 4 is 82.3 Å². The van der Waals surface area contributed by atoms with Crippen LogP contribution in [-0.4, -0.2) is 178 Å². The van der Waals surface area contributed by atoms with Crippen LogP contribution in [0.2, 0.25) is 0 Å². The first-order valence-corrected chi connectivity index (χ1v) is 31.2. The van der Waals surface area contributed by atoms with E-state index in [4.69, 9.17) is 34.2 Å². The van der Waals surface area contributed by atoms with E-state index in [0.29, 0.717) is 137 Å². The van der Waals surface area contributed by atoms with Crippen LogP contribution >= 0.6 is 0 Å². The monoisotopic (exact) mass is 1300 g/mol. The molecule has 3 fully saturated rings. The van der Waals surface area contributed by atoms with Crippen molar-refractivity contribution in [2.75, 3.05) is 93.2 Å². The number of aromatic carboxylic acids is 1. The molecule has 5 aliphatic rings. The molecule has 0 spiro atoms. The Bertz CT molecular complexity index is 3950. The number of primary amides is 1. The molecule has 3 aromatic carbocycles. The van der Waals surface area contributed by atoms with Gasteiger partial charge in [-0.1, -0.05) is 0 Å². The highest BCUT2D eigenvalue weighted by Gasteiger charge is 2.31. The van der Waals surface area contributed by atoms with Gasteiger partial charge in [0.05, 0.1) is 29.7 Å². The van der Waals surface area contributed by atoms with Gasteiger partial charge in [-0.15, -0.1) is 0 Å². The van der Waals surface area contributed by atoms with E-state index in [-0.39, 0.29) is 39.4 Å². The molecule has 4 aromatic heterocycles. The third-order valence-electron chi connectivity index (χ3n) is 15.3. The molecule has 3 saturated heterocycles. The number of rotatable bonds is 11. The molecule has 12 rings (SSSR count). The smallest absolute Gasteiger partial charge is 0.410 e. The number of H-pyrrole nitrogens is 1. The van der Waals surface area contributed by atoms with E-state index in [0.717, 1.165) is 39.2 Å². The van der Waals surface area contributed by atoms with Crippen molar-refractivity contribution in [2.45, 2.75) is 92.0 Å². The van der Waals surface area contributed by atoms with Gasteiger partial charge in [-0.25, -0.2) is 44.1 Å². The predicted molar refractivity (Wildman–Crippen MR) is 364 cm³/mol. The first-order valence-electron chi connectivity index (χ1n) is 31.2. The van der Waals surface area contributed by atoms with Gasteiger partial charge in [0.2, 0.25) is 0 Å². The van der Waals surface area contributed by atoms with Crippen LogP contribution in [0.1, 0.15) is 104 Å². The average Bonchev–Trinajstić information content (AvgIpc) is 1.02.